The smallest absolute Gasteiger partial charge is 0.335 e. The predicted octanol–water partition coefficient (Wildman–Crippen LogP) is 4.17. The summed E-state index contributed by atoms with van der Waals surface area (Å²) >= 11 is 0. The molecule has 1 aliphatic rings. The number of rotatable bonds is 7. The van der Waals surface area contributed by atoms with Gasteiger partial charge in [0.05, 0.1) is 11.1 Å². The predicted molar refractivity (Wildman–Crippen MR) is 129 cm³/mol. The number of H-pyrrole nitrogens is 1. The van der Waals surface area contributed by atoms with Gasteiger partial charge in [-0.15, -0.1) is 0 Å². The van der Waals surface area contributed by atoms with E-state index >= 15 is 0 Å². The van der Waals surface area contributed by atoms with Gasteiger partial charge in [0.2, 0.25) is 0 Å². The summed E-state index contributed by atoms with van der Waals surface area (Å²) < 4.78 is 0. The zero-order valence-electron chi connectivity index (χ0n) is 18.7. The SMILES string of the molecule is O=C(O)c1cccc(CN2CCC(Nc3ccccc3)(c3nc(-c4ccncc4)n[nH]3)CC2)c1. The van der Waals surface area contributed by atoms with Crippen LogP contribution < -0.4 is 5.32 Å². The van der Waals surface area contributed by atoms with Crippen LogP contribution in [0.3, 0.4) is 0 Å². The van der Waals surface area contributed by atoms with Gasteiger partial charge < -0.3 is 10.4 Å². The normalized spacial score (nSPS) is 15.6. The second kappa shape index (κ2) is 9.44. The molecule has 8 nitrogen and oxygen atoms in total. The highest BCUT2D eigenvalue weighted by atomic mass is 16.4. The van der Waals surface area contributed by atoms with Gasteiger partial charge in [0.15, 0.2) is 11.6 Å². The van der Waals surface area contributed by atoms with Crippen molar-refractivity contribution in [3.8, 4) is 11.4 Å². The molecular weight excluding hydrogens is 428 g/mol. The van der Waals surface area contributed by atoms with Crippen LogP contribution in [0.4, 0.5) is 5.69 Å². The Balaban J connectivity index is 1.37. The molecule has 172 valence electrons. The quantitative estimate of drug-likeness (QED) is 0.385. The van der Waals surface area contributed by atoms with Crippen LogP contribution in [0.25, 0.3) is 11.4 Å². The van der Waals surface area contributed by atoms with Gasteiger partial charge in [0, 0.05) is 43.3 Å². The molecule has 1 saturated heterocycles. The van der Waals surface area contributed by atoms with Crippen molar-refractivity contribution >= 4 is 11.7 Å². The third kappa shape index (κ3) is 4.67. The Labute approximate surface area is 197 Å². The van der Waals surface area contributed by atoms with E-state index in [0.29, 0.717) is 17.9 Å². The number of aromatic carboxylic acids is 1. The molecule has 0 bridgehead atoms. The summed E-state index contributed by atoms with van der Waals surface area (Å²) in [5.74, 6) is 0.567. The number of para-hydroxylation sites is 1. The van der Waals surface area contributed by atoms with Gasteiger partial charge >= 0.3 is 5.97 Å². The van der Waals surface area contributed by atoms with E-state index in [-0.39, 0.29) is 5.54 Å². The molecule has 0 amide bonds. The molecular formula is C26H26N6O2. The molecule has 5 rings (SSSR count). The lowest BCUT2D eigenvalue weighted by Gasteiger charge is -2.41. The topological polar surface area (TPSA) is 107 Å². The van der Waals surface area contributed by atoms with E-state index in [0.717, 1.165) is 48.6 Å². The number of likely N-dealkylation sites (tertiary alicyclic amines) is 1. The molecule has 0 unspecified atom stereocenters. The van der Waals surface area contributed by atoms with E-state index in [9.17, 15) is 9.90 Å². The molecule has 2 aromatic carbocycles. The number of nitrogens with one attached hydrogen (secondary N) is 2. The van der Waals surface area contributed by atoms with E-state index < -0.39 is 5.97 Å². The highest BCUT2D eigenvalue weighted by Gasteiger charge is 2.39. The van der Waals surface area contributed by atoms with E-state index in [1.54, 1.807) is 30.6 Å². The number of piperidine rings is 1. The summed E-state index contributed by atoms with van der Waals surface area (Å²) in [5, 5.41) is 20.7. The lowest BCUT2D eigenvalue weighted by molar-refractivity contribution is 0.0696. The largest absolute Gasteiger partial charge is 0.478 e. The van der Waals surface area contributed by atoms with Crippen molar-refractivity contribution in [1.29, 1.82) is 0 Å². The number of carbonyl (C=O) groups is 1. The van der Waals surface area contributed by atoms with Gasteiger partial charge in [0.25, 0.3) is 0 Å². The molecule has 4 aromatic rings. The number of aromatic nitrogens is 4. The number of hydrogen-bond acceptors (Lipinski definition) is 6. The average molecular weight is 455 g/mol. The molecule has 3 heterocycles. The standard InChI is InChI=1S/C26H26N6O2/c33-24(34)21-6-4-5-19(17-21)18-32-15-11-26(12-16-32,29-22-7-2-1-3-8-22)25-28-23(30-31-25)20-9-13-27-14-10-20/h1-10,13-14,17,29H,11-12,15-16,18H2,(H,33,34)(H,28,30,31). The highest BCUT2D eigenvalue weighted by Crippen LogP contribution is 2.36. The van der Waals surface area contributed by atoms with Crippen LogP contribution in [0.2, 0.25) is 0 Å². The number of anilines is 1. The number of carboxylic acids is 1. The Morgan fingerprint density at radius 1 is 1.03 bits per heavy atom. The number of nitrogens with zero attached hydrogens (tertiary/aromatic N) is 4. The van der Waals surface area contributed by atoms with Crippen molar-refractivity contribution in [1.82, 2.24) is 25.1 Å². The van der Waals surface area contributed by atoms with Crippen LogP contribution in [0.1, 0.15) is 34.6 Å². The maximum Gasteiger partial charge on any atom is 0.335 e. The zero-order chi connectivity index (χ0) is 23.4. The second-order valence-electron chi connectivity index (χ2n) is 8.60. The fraction of sp³-hybridized carbons (Fsp3) is 0.231. The minimum absolute atomic E-state index is 0.319. The number of benzene rings is 2. The van der Waals surface area contributed by atoms with Crippen LogP contribution in [-0.4, -0.2) is 49.2 Å². The Morgan fingerprint density at radius 3 is 2.53 bits per heavy atom. The first kappa shape index (κ1) is 21.8. The number of pyridine rings is 1. The molecule has 1 fully saturated rings. The van der Waals surface area contributed by atoms with Crippen molar-refractivity contribution in [2.24, 2.45) is 0 Å². The van der Waals surface area contributed by atoms with E-state index in [2.05, 4.69) is 37.5 Å². The summed E-state index contributed by atoms with van der Waals surface area (Å²) in [7, 11) is 0. The zero-order valence-corrected chi connectivity index (χ0v) is 18.7. The maximum absolute atomic E-state index is 11.3. The van der Waals surface area contributed by atoms with Crippen LogP contribution in [0.5, 0.6) is 0 Å². The van der Waals surface area contributed by atoms with Gasteiger partial charge in [-0.3, -0.25) is 15.0 Å². The molecule has 0 atom stereocenters. The molecule has 0 saturated carbocycles. The third-order valence-corrected chi connectivity index (χ3v) is 6.32. The number of aromatic amines is 1. The van der Waals surface area contributed by atoms with Gasteiger partial charge in [-0.1, -0.05) is 30.3 Å². The first-order valence-electron chi connectivity index (χ1n) is 11.3. The van der Waals surface area contributed by atoms with E-state index in [1.165, 1.54) is 0 Å². The van der Waals surface area contributed by atoms with E-state index in [4.69, 9.17) is 4.98 Å². The molecule has 1 aliphatic heterocycles. The summed E-state index contributed by atoms with van der Waals surface area (Å²) in [4.78, 5) is 22.6. The fourth-order valence-electron chi connectivity index (χ4n) is 4.48. The lowest BCUT2D eigenvalue weighted by Crippen LogP contribution is -2.47. The second-order valence-corrected chi connectivity index (χ2v) is 8.60. The number of carboxylic acid groups (broad SMARTS) is 1. The van der Waals surface area contributed by atoms with Crippen LogP contribution in [0, 0.1) is 0 Å². The molecule has 0 aliphatic carbocycles. The Morgan fingerprint density at radius 2 is 1.79 bits per heavy atom. The van der Waals surface area contributed by atoms with Crippen LogP contribution >= 0.6 is 0 Å². The molecule has 2 aromatic heterocycles. The minimum atomic E-state index is -0.901. The Kier molecular flexibility index (Phi) is 6.05. The Bertz CT molecular complexity index is 1250. The molecule has 34 heavy (non-hydrogen) atoms. The van der Waals surface area contributed by atoms with Gasteiger partial charge in [0.1, 0.15) is 0 Å². The highest BCUT2D eigenvalue weighted by molar-refractivity contribution is 5.87. The van der Waals surface area contributed by atoms with Crippen molar-refractivity contribution in [2.75, 3.05) is 18.4 Å². The molecule has 8 heteroatoms. The fourth-order valence-corrected chi connectivity index (χ4v) is 4.48. The first-order valence-corrected chi connectivity index (χ1v) is 11.3. The van der Waals surface area contributed by atoms with Crippen molar-refractivity contribution < 1.29 is 9.90 Å². The van der Waals surface area contributed by atoms with Crippen molar-refractivity contribution in [3.63, 3.8) is 0 Å². The van der Waals surface area contributed by atoms with Crippen molar-refractivity contribution in [2.45, 2.75) is 24.9 Å². The third-order valence-electron chi connectivity index (χ3n) is 6.32. The Hall–Kier alpha value is -4.04. The number of hydrogen-bond donors (Lipinski definition) is 3. The van der Waals surface area contributed by atoms with Crippen molar-refractivity contribution in [3.05, 3.63) is 96.1 Å². The lowest BCUT2D eigenvalue weighted by atomic mass is 9.86. The van der Waals surface area contributed by atoms with E-state index in [1.807, 2.05) is 36.4 Å². The summed E-state index contributed by atoms with van der Waals surface area (Å²) in [6.07, 6.45) is 5.12. The van der Waals surface area contributed by atoms with Crippen LogP contribution in [0.15, 0.2) is 79.1 Å². The summed E-state index contributed by atoms with van der Waals surface area (Å²) in [5.41, 5.74) is 2.89. The molecule has 3 N–H and O–H groups in total. The maximum atomic E-state index is 11.3. The minimum Gasteiger partial charge on any atom is -0.478 e. The summed E-state index contributed by atoms with van der Waals surface area (Å²) in [6, 6.07) is 21.1. The average Bonchev–Trinajstić information content (AvgIpc) is 3.38. The molecule has 0 radical (unpaired) electrons. The molecule has 0 spiro atoms. The monoisotopic (exact) mass is 454 g/mol. The van der Waals surface area contributed by atoms with Gasteiger partial charge in [-0.2, -0.15) is 5.10 Å². The van der Waals surface area contributed by atoms with Gasteiger partial charge in [-0.05, 0) is 54.8 Å². The first-order chi connectivity index (χ1) is 16.6. The summed E-state index contributed by atoms with van der Waals surface area (Å²) in [6.45, 7) is 2.38. The van der Waals surface area contributed by atoms with Crippen LogP contribution in [-0.2, 0) is 12.1 Å². The van der Waals surface area contributed by atoms with Gasteiger partial charge in [-0.25, -0.2) is 9.78 Å².